The Morgan fingerprint density at radius 1 is 1.29 bits per heavy atom. The van der Waals surface area contributed by atoms with Crippen LogP contribution in [0.25, 0.3) is 0 Å². The van der Waals surface area contributed by atoms with Crippen LogP contribution < -0.4 is 0 Å². The summed E-state index contributed by atoms with van der Waals surface area (Å²) in [5, 5.41) is 22.1. The normalized spacial score (nSPS) is 48.5. The number of ketones is 1. The van der Waals surface area contributed by atoms with Crippen molar-refractivity contribution in [2.75, 3.05) is 0 Å². The molecule has 0 amide bonds. The van der Waals surface area contributed by atoms with E-state index in [4.69, 9.17) is 0 Å². The fraction of sp³-hybridized carbons (Fsp3) is 0.708. The van der Waals surface area contributed by atoms with Crippen molar-refractivity contribution in [3.8, 4) is 0 Å². The van der Waals surface area contributed by atoms with E-state index in [-0.39, 0.29) is 29.7 Å². The third kappa shape index (κ3) is 2.72. The molecule has 0 saturated heterocycles. The van der Waals surface area contributed by atoms with Gasteiger partial charge < -0.3 is 10.2 Å². The SMILES string of the molecule is CCC(=O)SC(=O)[C@@]1(O)[C@@H](C)C[C@H]2[C@@H]3CCC4=CC(=O)C=C[C@]4(C)[C@@]3(F)[C@@H](O)C[C@@]21C. The lowest BCUT2D eigenvalue weighted by Gasteiger charge is -2.62. The summed E-state index contributed by atoms with van der Waals surface area (Å²) in [6.07, 6.45) is 4.55. The van der Waals surface area contributed by atoms with Crippen LogP contribution in [0.1, 0.15) is 59.8 Å². The number of aliphatic hydroxyl groups is 2. The minimum atomic E-state index is -2.00. The average Bonchev–Trinajstić information content (AvgIpc) is 2.91. The number of allylic oxidation sites excluding steroid dienone is 4. The molecule has 170 valence electrons. The number of halogens is 1. The van der Waals surface area contributed by atoms with Gasteiger partial charge in [-0.25, -0.2) is 4.39 Å². The first-order chi connectivity index (χ1) is 14.4. The summed E-state index contributed by atoms with van der Waals surface area (Å²) in [5.74, 6) is -1.53. The molecule has 4 aliphatic rings. The highest BCUT2D eigenvalue weighted by Crippen LogP contribution is 2.71. The van der Waals surface area contributed by atoms with Crippen molar-refractivity contribution in [2.24, 2.45) is 28.6 Å². The molecule has 3 saturated carbocycles. The zero-order valence-electron chi connectivity index (χ0n) is 18.5. The maximum atomic E-state index is 17.0. The van der Waals surface area contributed by atoms with Crippen molar-refractivity contribution in [3.63, 3.8) is 0 Å². The van der Waals surface area contributed by atoms with E-state index in [1.165, 1.54) is 12.2 Å². The maximum absolute atomic E-state index is 17.0. The minimum absolute atomic E-state index is 0.0806. The molecule has 3 fully saturated rings. The fourth-order valence-corrected chi connectivity index (χ4v) is 8.18. The molecule has 0 spiro atoms. The molecule has 0 aromatic heterocycles. The summed E-state index contributed by atoms with van der Waals surface area (Å²) in [6, 6.07) is 0. The van der Waals surface area contributed by atoms with Crippen LogP contribution in [-0.4, -0.2) is 43.6 Å². The Morgan fingerprint density at radius 3 is 2.61 bits per heavy atom. The molecule has 4 aliphatic carbocycles. The summed E-state index contributed by atoms with van der Waals surface area (Å²) < 4.78 is 17.0. The highest BCUT2D eigenvalue weighted by Gasteiger charge is 2.75. The number of hydrogen-bond donors (Lipinski definition) is 2. The highest BCUT2D eigenvalue weighted by molar-refractivity contribution is 8.26. The number of hydrogen-bond acceptors (Lipinski definition) is 6. The number of aliphatic hydroxyl groups excluding tert-OH is 1. The number of alkyl halides is 1. The lowest BCUT2D eigenvalue weighted by Crippen LogP contribution is -2.69. The number of thioether (sulfide) groups is 1. The van der Waals surface area contributed by atoms with Crippen LogP contribution in [0.3, 0.4) is 0 Å². The van der Waals surface area contributed by atoms with Crippen molar-refractivity contribution in [2.45, 2.75) is 77.2 Å². The van der Waals surface area contributed by atoms with Crippen LogP contribution in [0.15, 0.2) is 23.8 Å². The molecule has 8 atom stereocenters. The molecule has 0 aromatic rings. The van der Waals surface area contributed by atoms with Gasteiger partial charge in [0, 0.05) is 23.2 Å². The fourth-order valence-electron chi connectivity index (χ4n) is 7.23. The minimum Gasteiger partial charge on any atom is -0.390 e. The molecule has 0 aliphatic heterocycles. The van der Waals surface area contributed by atoms with Crippen molar-refractivity contribution in [1.82, 2.24) is 0 Å². The molecule has 0 aromatic carbocycles. The average molecular weight is 451 g/mol. The molecule has 0 radical (unpaired) electrons. The Balaban J connectivity index is 1.78. The standard InChI is InChI=1S/C24H31FO5S/c1-5-19(28)31-20(29)24(30)13(2)10-17-16-7-6-14-11-15(26)8-9-21(14,3)23(16,25)18(27)12-22(17,24)4/h8-9,11,13,16-18,27,30H,5-7,10,12H2,1-4H3/t13-,16-,17-,18-,21-,22-,23-,24-/m0/s1. The first-order valence-electron chi connectivity index (χ1n) is 11.1. The molecular weight excluding hydrogens is 419 g/mol. The maximum Gasteiger partial charge on any atom is 0.228 e. The van der Waals surface area contributed by atoms with Gasteiger partial charge in [-0.05, 0) is 68.4 Å². The van der Waals surface area contributed by atoms with E-state index in [0.29, 0.717) is 36.6 Å². The van der Waals surface area contributed by atoms with Gasteiger partial charge >= 0.3 is 0 Å². The predicted molar refractivity (Wildman–Crippen MR) is 116 cm³/mol. The molecule has 5 nitrogen and oxygen atoms in total. The zero-order valence-corrected chi connectivity index (χ0v) is 19.3. The smallest absolute Gasteiger partial charge is 0.228 e. The second-order valence-corrected chi connectivity index (χ2v) is 11.3. The lowest BCUT2D eigenvalue weighted by molar-refractivity contribution is -0.216. The van der Waals surface area contributed by atoms with Gasteiger partial charge in [-0.15, -0.1) is 0 Å². The van der Waals surface area contributed by atoms with Gasteiger partial charge in [-0.3, -0.25) is 14.4 Å². The van der Waals surface area contributed by atoms with Gasteiger partial charge in [0.25, 0.3) is 0 Å². The van der Waals surface area contributed by atoms with Crippen molar-refractivity contribution >= 4 is 27.8 Å². The highest BCUT2D eigenvalue weighted by atomic mass is 32.2. The van der Waals surface area contributed by atoms with Crippen molar-refractivity contribution < 1.29 is 29.0 Å². The first kappa shape index (κ1) is 22.9. The predicted octanol–water partition coefficient (Wildman–Crippen LogP) is 3.53. The molecular formula is C24H31FO5S. The van der Waals surface area contributed by atoms with Crippen LogP contribution in [-0.2, 0) is 14.4 Å². The monoisotopic (exact) mass is 450 g/mol. The van der Waals surface area contributed by atoms with E-state index in [0.717, 1.165) is 0 Å². The first-order valence-corrected chi connectivity index (χ1v) is 12.0. The van der Waals surface area contributed by atoms with E-state index >= 15 is 4.39 Å². The van der Waals surface area contributed by atoms with Crippen LogP contribution in [0.2, 0.25) is 0 Å². The Hall–Kier alpha value is -1.31. The summed E-state index contributed by atoms with van der Waals surface area (Å²) in [7, 11) is 0. The Labute approximate surface area is 186 Å². The summed E-state index contributed by atoms with van der Waals surface area (Å²) >= 11 is 0.540. The molecule has 2 N–H and O–H groups in total. The second kappa shape index (κ2) is 7.09. The molecule has 7 heteroatoms. The molecule has 31 heavy (non-hydrogen) atoms. The van der Waals surface area contributed by atoms with Gasteiger partial charge in [0.15, 0.2) is 16.6 Å². The van der Waals surface area contributed by atoms with Crippen LogP contribution in [0.5, 0.6) is 0 Å². The zero-order chi connectivity index (χ0) is 23.0. The summed E-state index contributed by atoms with van der Waals surface area (Å²) in [6.45, 7) is 6.95. The van der Waals surface area contributed by atoms with Gasteiger partial charge in [-0.1, -0.05) is 32.4 Å². The quantitative estimate of drug-likeness (QED) is 0.669. The van der Waals surface area contributed by atoms with E-state index in [1.54, 1.807) is 33.8 Å². The Bertz CT molecular complexity index is 914. The van der Waals surface area contributed by atoms with Gasteiger partial charge in [-0.2, -0.15) is 0 Å². The van der Waals surface area contributed by atoms with E-state index in [1.807, 2.05) is 0 Å². The molecule has 0 unspecified atom stereocenters. The van der Waals surface area contributed by atoms with E-state index in [9.17, 15) is 24.6 Å². The Morgan fingerprint density at radius 2 is 1.97 bits per heavy atom. The van der Waals surface area contributed by atoms with Crippen LogP contribution in [0.4, 0.5) is 4.39 Å². The molecule has 0 bridgehead atoms. The largest absolute Gasteiger partial charge is 0.390 e. The summed E-state index contributed by atoms with van der Waals surface area (Å²) in [5.41, 5.74) is -5.27. The van der Waals surface area contributed by atoms with Crippen molar-refractivity contribution in [3.05, 3.63) is 23.8 Å². The molecule has 4 rings (SSSR count). The Kier molecular flexibility index (Phi) is 5.23. The molecule has 0 heterocycles. The number of carbonyl (C=O) groups is 3. The number of fused-ring (bicyclic) bond motifs is 5. The van der Waals surface area contributed by atoms with E-state index < -0.39 is 45.2 Å². The number of rotatable bonds is 2. The van der Waals surface area contributed by atoms with Crippen molar-refractivity contribution in [1.29, 1.82) is 0 Å². The second-order valence-electron chi connectivity index (χ2n) is 10.3. The lowest BCUT2D eigenvalue weighted by atomic mass is 9.45. The summed E-state index contributed by atoms with van der Waals surface area (Å²) in [4.78, 5) is 37.0. The van der Waals surface area contributed by atoms with Crippen LogP contribution in [0, 0.1) is 28.6 Å². The van der Waals surface area contributed by atoms with Gasteiger partial charge in [0.05, 0.1) is 6.10 Å². The van der Waals surface area contributed by atoms with Crippen LogP contribution >= 0.6 is 11.8 Å². The van der Waals surface area contributed by atoms with Gasteiger partial charge in [0.1, 0.15) is 5.60 Å². The number of carbonyl (C=O) groups excluding carboxylic acids is 3. The third-order valence-corrected chi connectivity index (χ3v) is 10.0. The van der Waals surface area contributed by atoms with Gasteiger partial charge in [0.2, 0.25) is 5.12 Å². The topological polar surface area (TPSA) is 91.7 Å². The van der Waals surface area contributed by atoms with E-state index in [2.05, 4.69) is 0 Å². The third-order valence-electron chi connectivity index (χ3n) is 9.03.